The molecule has 0 atom stereocenters. The van der Waals surface area contributed by atoms with Crippen molar-refractivity contribution in [3.05, 3.63) is 100 Å². The zero-order chi connectivity index (χ0) is 18.8. The summed E-state index contributed by atoms with van der Waals surface area (Å²) in [7, 11) is -10.7. The molecule has 11 radical (unpaired) electrons. The van der Waals surface area contributed by atoms with Gasteiger partial charge >= 0.3 is 33.0 Å². The summed E-state index contributed by atoms with van der Waals surface area (Å²) >= 11 is 0. The molecule has 2 rings (SSSR count). The number of rotatable bonds is 4. The van der Waals surface area contributed by atoms with Gasteiger partial charge in [-0.15, -0.1) is 0 Å². The predicted molar refractivity (Wildman–Crippen MR) is 83.1 cm³/mol. The smallest absolute Gasteiger partial charge is 0.123 e. The summed E-state index contributed by atoms with van der Waals surface area (Å²) in [4.78, 5) is 0. The fourth-order valence-corrected chi connectivity index (χ4v) is 1.14. The van der Waals surface area contributed by atoms with Gasteiger partial charge in [0, 0.05) is 19.5 Å². The van der Waals surface area contributed by atoms with Crippen LogP contribution >= 0.6 is 7.81 Å². The van der Waals surface area contributed by atoms with E-state index in [1.165, 1.54) is 12.1 Å². The van der Waals surface area contributed by atoms with Crippen molar-refractivity contribution in [2.75, 3.05) is 0 Å². The topological polar surface area (TPSA) is 0 Å². The summed E-state index contributed by atoms with van der Waals surface area (Å²) in [5, 5.41) is 0. The van der Waals surface area contributed by atoms with Crippen LogP contribution in [0.4, 0.5) is 29.6 Å². The van der Waals surface area contributed by atoms with Crippen molar-refractivity contribution >= 4 is 7.81 Å². The van der Waals surface area contributed by atoms with Gasteiger partial charge in [-0.2, -0.15) is 0 Å². The molecular formula is C16H15F7PRh-. The van der Waals surface area contributed by atoms with E-state index < -0.39 is 7.81 Å². The zero-order valence-corrected chi connectivity index (χ0v) is 15.2. The molecule has 9 heteroatoms. The van der Waals surface area contributed by atoms with Gasteiger partial charge < -0.3 is 0 Å². The molecule has 25 heavy (non-hydrogen) atoms. The number of unbranched alkanes of at least 4 members (excludes halogenated alkanes) is 2. The van der Waals surface area contributed by atoms with Crippen molar-refractivity contribution in [2.24, 2.45) is 0 Å². The first-order valence-electron chi connectivity index (χ1n) is 6.39. The third-order valence-electron chi connectivity index (χ3n) is 1.96. The average molecular weight is 474 g/mol. The largest absolute Gasteiger partial charge is 0.207 e. The molecule has 0 unspecified atom stereocenters. The van der Waals surface area contributed by atoms with Gasteiger partial charge in [0.15, 0.2) is 0 Å². The number of benzene rings is 1. The monoisotopic (exact) mass is 474 g/mol. The van der Waals surface area contributed by atoms with E-state index in [1.54, 1.807) is 18.6 Å². The Balaban J connectivity index is 0. The van der Waals surface area contributed by atoms with Crippen LogP contribution in [0.25, 0.3) is 0 Å². The number of hydrogen-bond acceptors (Lipinski definition) is 0. The van der Waals surface area contributed by atoms with Gasteiger partial charge in [0.1, 0.15) is 5.82 Å². The molecule has 1 aromatic rings. The molecule has 0 aliphatic heterocycles. The first kappa shape index (κ1) is 27.0. The fraction of sp³-hybridized carbons (Fsp3) is 0. The number of hydrogen-bond donors (Lipinski definition) is 0. The van der Waals surface area contributed by atoms with Crippen LogP contribution < -0.4 is 0 Å². The average Bonchev–Trinajstić information content (AvgIpc) is 2.97. The second-order valence-electron chi connectivity index (χ2n) is 4.26. The molecule has 0 saturated heterocycles. The minimum absolute atomic E-state index is 0. The Kier molecular flexibility index (Phi) is 11.7. The molecule has 0 bridgehead atoms. The maximum atomic E-state index is 12.4. The summed E-state index contributed by atoms with van der Waals surface area (Å²) in [6.07, 6.45) is 17.3. The summed E-state index contributed by atoms with van der Waals surface area (Å²) in [6, 6.07) is 6.33. The Hall–Kier alpha value is -0.217. The zero-order valence-electron chi connectivity index (χ0n) is 12.6. The number of halogens is 7. The molecule has 1 aliphatic carbocycles. The Morgan fingerprint density at radius 3 is 1.40 bits per heavy atom. The van der Waals surface area contributed by atoms with Gasteiger partial charge in [-0.25, -0.2) is 4.39 Å². The van der Waals surface area contributed by atoms with Crippen LogP contribution in [0.5, 0.6) is 0 Å². The van der Waals surface area contributed by atoms with E-state index >= 15 is 0 Å². The van der Waals surface area contributed by atoms with Crippen LogP contribution in [-0.2, 0) is 19.5 Å². The quantitative estimate of drug-likeness (QED) is 0.187. The van der Waals surface area contributed by atoms with Gasteiger partial charge in [-0.1, -0.05) is 12.1 Å². The summed E-state index contributed by atoms with van der Waals surface area (Å²) in [5.41, 5.74) is 0.981. The third-order valence-corrected chi connectivity index (χ3v) is 1.96. The van der Waals surface area contributed by atoms with Crippen molar-refractivity contribution in [3.8, 4) is 0 Å². The van der Waals surface area contributed by atoms with Crippen molar-refractivity contribution in [2.45, 2.75) is 0 Å². The molecule has 1 fully saturated rings. The second kappa shape index (κ2) is 10.8. The molecule has 1 aromatic carbocycles. The molecule has 0 spiro atoms. The first-order chi connectivity index (χ1) is 10.8. The van der Waals surface area contributed by atoms with E-state index in [2.05, 4.69) is 6.92 Å². The minimum atomic E-state index is -10.7. The Morgan fingerprint density at radius 1 is 0.720 bits per heavy atom. The van der Waals surface area contributed by atoms with E-state index in [0.29, 0.717) is 0 Å². The molecule has 0 amide bonds. The minimum Gasteiger partial charge on any atom is -0.207 e. The van der Waals surface area contributed by atoms with E-state index in [0.717, 1.165) is 5.56 Å². The van der Waals surface area contributed by atoms with Gasteiger partial charge in [-0.05, 0) is 82.4 Å². The van der Waals surface area contributed by atoms with Crippen LogP contribution in [-0.4, -0.2) is 0 Å². The van der Waals surface area contributed by atoms with E-state index in [9.17, 15) is 29.6 Å². The summed E-state index contributed by atoms with van der Waals surface area (Å²) in [6.45, 7) is 3.54. The Labute approximate surface area is 157 Å². The summed E-state index contributed by atoms with van der Waals surface area (Å²) < 4.78 is 71.6. The fourth-order valence-electron chi connectivity index (χ4n) is 1.14. The first-order valence-corrected chi connectivity index (χ1v) is 8.42. The van der Waals surface area contributed by atoms with Crippen molar-refractivity contribution in [1.82, 2.24) is 0 Å². The van der Waals surface area contributed by atoms with Crippen LogP contribution in [0.2, 0.25) is 0 Å². The molecule has 1 saturated carbocycles. The standard InChI is InChI=1S/C11H10F.C5H5.F6P.Rh/c1-2-3-4-5-10-6-8-11(12)9-7-10;1-2-4-5-3-1;1-7(2,3,4,5)6;/h2-9H,1H2;1-5H;;/q;;-1;. The van der Waals surface area contributed by atoms with Gasteiger partial charge in [0.2, 0.25) is 0 Å². The van der Waals surface area contributed by atoms with Gasteiger partial charge in [0.25, 0.3) is 0 Å². The maximum Gasteiger partial charge on any atom is 0.123 e. The maximum absolute atomic E-state index is 12.4. The van der Waals surface area contributed by atoms with Crippen LogP contribution in [0.1, 0.15) is 5.56 Å². The van der Waals surface area contributed by atoms with Gasteiger partial charge in [0.05, 0.1) is 0 Å². The SMILES string of the molecule is F[P-](F)(F)(F)(F)F.[CH2][CH][CH][CH][CH]c1ccc(F)cc1.[CH]1[CH][CH][CH][CH]1.[Rh]. The molecule has 0 N–H and O–H groups in total. The molecule has 0 heterocycles. The predicted octanol–water partition coefficient (Wildman–Crippen LogP) is 7.23. The van der Waals surface area contributed by atoms with Crippen molar-refractivity contribution in [3.63, 3.8) is 0 Å². The van der Waals surface area contributed by atoms with Crippen LogP contribution in [0.3, 0.4) is 0 Å². The molecular weight excluding hydrogens is 459 g/mol. The van der Waals surface area contributed by atoms with E-state index in [-0.39, 0.29) is 25.3 Å². The molecule has 143 valence electrons. The normalized spacial score (nSPS) is 16.2. The van der Waals surface area contributed by atoms with Gasteiger partial charge in [-0.3, -0.25) is 0 Å². The van der Waals surface area contributed by atoms with Crippen molar-refractivity contribution < 1.29 is 49.0 Å². The van der Waals surface area contributed by atoms with Crippen LogP contribution in [0.15, 0.2) is 24.3 Å². The van der Waals surface area contributed by atoms with Crippen molar-refractivity contribution in [1.29, 1.82) is 0 Å². The Morgan fingerprint density at radius 2 is 1.08 bits per heavy atom. The molecule has 1 aliphatic rings. The Bertz CT molecular complexity index is 434. The summed E-state index contributed by atoms with van der Waals surface area (Å²) in [5.74, 6) is -0.208. The molecule has 0 aromatic heterocycles. The van der Waals surface area contributed by atoms with E-state index in [1.807, 2.05) is 51.4 Å². The second-order valence-corrected chi connectivity index (χ2v) is 6.18. The third kappa shape index (κ3) is 28.8. The van der Waals surface area contributed by atoms with E-state index in [4.69, 9.17) is 0 Å². The molecule has 0 nitrogen and oxygen atoms in total. The van der Waals surface area contributed by atoms with Crippen LogP contribution in [0, 0.1) is 70.5 Å².